The van der Waals surface area contributed by atoms with Crippen molar-refractivity contribution in [1.29, 1.82) is 0 Å². The molecule has 1 fully saturated rings. The van der Waals surface area contributed by atoms with Gasteiger partial charge in [-0.1, -0.05) is 6.92 Å². The van der Waals surface area contributed by atoms with Crippen LogP contribution in [0.5, 0.6) is 0 Å². The summed E-state index contributed by atoms with van der Waals surface area (Å²) in [6, 6.07) is 2.18. The van der Waals surface area contributed by atoms with Gasteiger partial charge < -0.3 is 10.0 Å². The van der Waals surface area contributed by atoms with Crippen LogP contribution >= 0.6 is 11.3 Å². The maximum Gasteiger partial charge on any atom is 0.236 e. The Hall–Kier alpha value is -0.910. The highest BCUT2D eigenvalue weighted by atomic mass is 32.1. The van der Waals surface area contributed by atoms with Crippen molar-refractivity contribution in [2.75, 3.05) is 26.7 Å². The summed E-state index contributed by atoms with van der Waals surface area (Å²) in [6.07, 6.45) is 1.06. The third kappa shape index (κ3) is 3.55. The van der Waals surface area contributed by atoms with Gasteiger partial charge in [-0.25, -0.2) is 0 Å². The van der Waals surface area contributed by atoms with Crippen molar-refractivity contribution in [3.8, 4) is 0 Å². The Kier molecular flexibility index (Phi) is 4.96. The van der Waals surface area contributed by atoms with Crippen LogP contribution in [0.2, 0.25) is 0 Å². The number of likely N-dealkylation sites (N-methyl/N-ethyl adjacent to an activating group) is 1. The lowest BCUT2D eigenvalue weighted by atomic mass is 10.0. The van der Waals surface area contributed by atoms with Crippen LogP contribution in [-0.2, 0) is 11.3 Å². The number of hydrogen-bond acceptors (Lipinski definition) is 4. The SMILES string of the molecule is CC1CCN(CC(=O)N(C)Cc2ccsc2)C1CO. The zero-order valence-corrected chi connectivity index (χ0v) is 12.4. The third-order valence-corrected chi connectivity index (χ3v) is 4.68. The number of amides is 1. The van der Waals surface area contributed by atoms with Gasteiger partial charge in [0.15, 0.2) is 0 Å². The van der Waals surface area contributed by atoms with E-state index in [1.54, 1.807) is 16.2 Å². The predicted octanol–water partition coefficient (Wildman–Crippen LogP) is 1.41. The average Bonchev–Trinajstić information content (AvgIpc) is 2.99. The zero-order valence-electron chi connectivity index (χ0n) is 11.6. The van der Waals surface area contributed by atoms with Crippen molar-refractivity contribution in [2.45, 2.75) is 25.9 Å². The van der Waals surface area contributed by atoms with Gasteiger partial charge in [-0.15, -0.1) is 0 Å². The molecule has 0 aliphatic carbocycles. The van der Waals surface area contributed by atoms with Gasteiger partial charge in [0.2, 0.25) is 5.91 Å². The zero-order chi connectivity index (χ0) is 13.8. The van der Waals surface area contributed by atoms with Crippen LogP contribution in [0.3, 0.4) is 0 Å². The molecule has 19 heavy (non-hydrogen) atoms. The molecule has 0 bridgehead atoms. The van der Waals surface area contributed by atoms with Crippen molar-refractivity contribution in [1.82, 2.24) is 9.80 Å². The van der Waals surface area contributed by atoms with Crippen LogP contribution in [0, 0.1) is 5.92 Å². The number of nitrogens with zero attached hydrogens (tertiary/aromatic N) is 2. The highest BCUT2D eigenvalue weighted by Gasteiger charge is 2.32. The largest absolute Gasteiger partial charge is 0.395 e. The Morgan fingerprint density at radius 1 is 1.63 bits per heavy atom. The summed E-state index contributed by atoms with van der Waals surface area (Å²) in [5.74, 6) is 0.596. The van der Waals surface area contributed by atoms with E-state index in [1.807, 2.05) is 18.5 Å². The van der Waals surface area contributed by atoms with E-state index in [4.69, 9.17) is 0 Å². The van der Waals surface area contributed by atoms with Crippen molar-refractivity contribution < 1.29 is 9.90 Å². The van der Waals surface area contributed by atoms with Gasteiger partial charge in [0.1, 0.15) is 0 Å². The van der Waals surface area contributed by atoms with Gasteiger partial charge in [0.25, 0.3) is 0 Å². The number of likely N-dealkylation sites (tertiary alicyclic amines) is 1. The van der Waals surface area contributed by atoms with E-state index >= 15 is 0 Å². The molecule has 2 heterocycles. The van der Waals surface area contributed by atoms with Gasteiger partial charge in [0, 0.05) is 19.6 Å². The number of rotatable bonds is 5. The molecule has 0 aromatic carbocycles. The van der Waals surface area contributed by atoms with E-state index in [-0.39, 0.29) is 18.6 Å². The second-order valence-corrected chi connectivity index (χ2v) is 6.15. The minimum atomic E-state index is 0.124. The fourth-order valence-electron chi connectivity index (χ4n) is 2.62. The van der Waals surface area contributed by atoms with Gasteiger partial charge in [-0.05, 0) is 41.3 Å². The lowest BCUT2D eigenvalue weighted by Crippen LogP contribution is -2.42. The number of aliphatic hydroxyl groups is 1. The van der Waals surface area contributed by atoms with E-state index in [9.17, 15) is 9.90 Å². The van der Waals surface area contributed by atoms with Gasteiger partial charge in [-0.3, -0.25) is 9.69 Å². The van der Waals surface area contributed by atoms with Crippen molar-refractivity contribution in [2.24, 2.45) is 5.92 Å². The average molecular weight is 282 g/mol. The summed E-state index contributed by atoms with van der Waals surface area (Å²) in [4.78, 5) is 16.1. The maximum atomic E-state index is 12.2. The van der Waals surface area contributed by atoms with Crippen LogP contribution in [0.1, 0.15) is 18.9 Å². The van der Waals surface area contributed by atoms with Crippen LogP contribution in [0.4, 0.5) is 0 Å². The first kappa shape index (κ1) is 14.5. The molecule has 4 nitrogen and oxygen atoms in total. The molecule has 2 rings (SSSR count). The standard InChI is InChI=1S/C14H22N2O2S/c1-11-3-5-16(13(11)9-17)8-14(18)15(2)7-12-4-6-19-10-12/h4,6,10-11,13,17H,3,5,7-9H2,1-2H3. The van der Waals surface area contributed by atoms with Gasteiger partial charge in [-0.2, -0.15) is 11.3 Å². The molecule has 106 valence electrons. The molecule has 1 amide bonds. The summed E-state index contributed by atoms with van der Waals surface area (Å²) in [5, 5.41) is 13.5. The van der Waals surface area contributed by atoms with Gasteiger partial charge >= 0.3 is 0 Å². The Morgan fingerprint density at radius 3 is 3.05 bits per heavy atom. The topological polar surface area (TPSA) is 43.8 Å². The smallest absolute Gasteiger partial charge is 0.236 e. The van der Waals surface area contributed by atoms with E-state index < -0.39 is 0 Å². The van der Waals surface area contributed by atoms with Gasteiger partial charge in [0.05, 0.1) is 13.2 Å². The third-order valence-electron chi connectivity index (χ3n) is 3.95. The van der Waals surface area contributed by atoms with E-state index in [0.29, 0.717) is 19.0 Å². The Balaban J connectivity index is 1.86. The molecule has 1 aromatic heterocycles. The molecule has 0 saturated carbocycles. The predicted molar refractivity (Wildman–Crippen MR) is 77.0 cm³/mol. The molecule has 1 aliphatic rings. The molecular weight excluding hydrogens is 260 g/mol. The molecule has 1 saturated heterocycles. The molecule has 0 spiro atoms. The first-order chi connectivity index (χ1) is 9.11. The molecule has 0 radical (unpaired) electrons. The summed E-state index contributed by atoms with van der Waals surface area (Å²) < 4.78 is 0. The van der Waals surface area contributed by atoms with E-state index in [0.717, 1.165) is 13.0 Å². The Labute approximate surface area is 118 Å². The first-order valence-electron chi connectivity index (χ1n) is 6.71. The number of carbonyl (C=O) groups excluding carboxylic acids is 1. The molecule has 1 aliphatic heterocycles. The number of thiophene rings is 1. The molecule has 1 aromatic rings. The highest BCUT2D eigenvalue weighted by molar-refractivity contribution is 7.07. The molecule has 2 unspecified atom stereocenters. The molecule has 2 atom stereocenters. The minimum Gasteiger partial charge on any atom is -0.395 e. The Bertz CT molecular complexity index is 408. The fraction of sp³-hybridized carbons (Fsp3) is 0.643. The van der Waals surface area contributed by atoms with E-state index in [1.165, 1.54) is 5.56 Å². The van der Waals surface area contributed by atoms with Crippen LogP contribution < -0.4 is 0 Å². The van der Waals surface area contributed by atoms with Crippen LogP contribution in [0.15, 0.2) is 16.8 Å². The quantitative estimate of drug-likeness (QED) is 0.888. The molecular formula is C14H22N2O2S. The lowest BCUT2D eigenvalue weighted by Gasteiger charge is -2.26. The fourth-order valence-corrected chi connectivity index (χ4v) is 3.28. The number of hydrogen-bond donors (Lipinski definition) is 1. The number of carbonyl (C=O) groups is 1. The lowest BCUT2D eigenvalue weighted by molar-refractivity contribution is -0.132. The van der Waals surface area contributed by atoms with Crippen molar-refractivity contribution >= 4 is 17.2 Å². The Morgan fingerprint density at radius 2 is 2.42 bits per heavy atom. The first-order valence-corrected chi connectivity index (χ1v) is 7.66. The van der Waals surface area contributed by atoms with Crippen LogP contribution in [-0.4, -0.2) is 53.6 Å². The summed E-state index contributed by atoms with van der Waals surface area (Å²) in [5.41, 5.74) is 1.18. The molecule has 1 N–H and O–H groups in total. The summed E-state index contributed by atoms with van der Waals surface area (Å²) in [7, 11) is 1.84. The maximum absolute atomic E-state index is 12.2. The normalized spacial score (nSPS) is 23.7. The van der Waals surface area contributed by atoms with Crippen molar-refractivity contribution in [3.63, 3.8) is 0 Å². The van der Waals surface area contributed by atoms with Crippen molar-refractivity contribution in [3.05, 3.63) is 22.4 Å². The number of aliphatic hydroxyl groups excluding tert-OH is 1. The summed E-state index contributed by atoms with van der Waals surface area (Å²) >= 11 is 1.65. The van der Waals surface area contributed by atoms with Crippen LogP contribution in [0.25, 0.3) is 0 Å². The highest BCUT2D eigenvalue weighted by Crippen LogP contribution is 2.23. The molecule has 5 heteroatoms. The summed E-state index contributed by atoms with van der Waals surface area (Å²) in [6.45, 7) is 4.26. The monoisotopic (exact) mass is 282 g/mol. The minimum absolute atomic E-state index is 0.124. The van der Waals surface area contributed by atoms with E-state index in [2.05, 4.69) is 17.2 Å². The second-order valence-electron chi connectivity index (χ2n) is 5.37. The second kappa shape index (κ2) is 6.50.